The van der Waals surface area contributed by atoms with Crippen LogP contribution in [0.3, 0.4) is 0 Å². The molecule has 23 heavy (non-hydrogen) atoms. The van der Waals surface area contributed by atoms with Crippen molar-refractivity contribution in [2.24, 2.45) is 11.8 Å². The molecule has 1 saturated heterocycles. The molecule has 9 heteroatoms. The van der Waals surface area contributed by atoms with Crippen molar-refractivity contribution in [1.29, 1.82) is 0 Å². The average Bonchev–Trinajstić information content (AvgIpc) is 2.88. The number of halogens is 4. The van der Waals surface area contributed by atoms with E-state index in [0.717, 1.165) is 11.0 Å². The lowest BCUT2D eigenvalue weighted by Gasteiger charge is -2.19. The lowest BCUT2D eigenvalue weighted by Crippen LogP contribution is -2.35. The minimum atomic E-state index is -4.70. The first-order valence-electron chi connectivity index (χ1n) is 6.71. The van der Waals surface area contributed by atoms with Crippen LogP contribution in [0.25, 0.3) is 0 Å². The number of aliphatic carboxylic acids is 1. The number of aryl methyl sites for hydroxylation is 1. The predicted molar refractivity (Wildman–Crippen MR) is 72.4 cm³/mol. The van der Waals surface area contributed by atoms with Crippen molar-refractivity contribution < 1.29 is 32.3 Å². The number of carboxylic acids is 1. The Morgan fingerprint density at radius 2 is 1.96 bits per heavy atom. The van der Waals surface area contributed by atoms with Gasteiger partial charge in [-0.2, -0.15) is 13.2 Å². The van der Waals surface area contributed by atoms with Gasteiger partial charge in [-0.05, 0) is 30.7 Å². The molecule has 0 saturated carbocycles. The topological polar surface area (TPSA) is 69.6 Å². The van der Waals surface area contributed by atoms with Crippen LogP contribution in [0.1, 0.15) is 5.56 Å². The molecule has 1 fully saturated rings. The van der Waals surface area contributed by atoms with E-state index in [1.54, 1.807) is 0 Å². The van der Waals surface area contributed by atoms with E-state index in [4.69, 9.17) is 5.11 Å². The fraction of sp³-hybridized carbons (Fsp3) is 0.429. The summed E-state index contributed by atoms with van der Waals surface area (Å²) in [6.07, 6.45) is -4.70. The third kappa shape index (κ3) is 3.72. The molecule has 0 radical (unpaired) electrons. The number of benzene rings is 1. The number of urea groups is 1. The summed E-state index contributed by atoms with van der Waals surface area (Å²) in [7, 11) is 0. The van der Waals surface area contributed by atoms with Gasteiger partial charge in [0.1, 0.15) is 5.82 Å². The number of rotatable bonds is 2. The van der Waals surface area contributed by atoms with Crippen LogP contribution < -0.4 is 5.32 Å². The quantitative estimate of drug-likeness (QED) is 0.817. The van der Waals surface area contributed by atoms with Crippen LogP contribution in [0.15, 0.2) is 18.2 Å². The number of hydrogen-bond donors (Lipinski definition) is 2. The van der Waals surface area contributed by atoms with Crippen LogP contribution in [0.5, 0.6) is 0 Å². The zero-order valence-corrected chi connectivity index (χ0v) is 12.0. The normalized spacial score (nSPS) is 21.3. The summed E-state index contributed by atoms with van der Waals surface area (Å²) < 4.78 is 51.8. The van der Waals surface area contributed by atoms with Gasteiger partial charge < -0.3 is 15.3 Å². The maximum atomic E-state index is 13.1. The number of hydrogen-bond acceptors (Lipinski definition) is 2. The summed E-state index contributed by atoms with van der Waals surface area (Å²) in [6.45, 7) is 0.207. The van der Waals surface area contributed by atoms with Crippen LogP contribution >= 0.6 is 0 Å². The van der Waals surface area contributed by atoms with Crippen molar-refractivity contribution in [2.75, 3.05) is 18.4 Å². The van der Waals surface area contributed by atoms with E-state index in [1.165, 1.54) is 19.1 Å². The molecule has 5 nitrogen and oxygen atoms in total. The highest BCUT2D eigenvalue weighted by Crippen LogP contribution is 2.37. The van der Waals surface area contributed by atoms with Crippen molar-refractivity contribution in [3.8, 4) is 0 Å². The lowest BCUT2D eigenvalue weighted by molar-refractivity contribution is -0.187. The van der Waals surface area contributed by atoms with Crippen molar-refractivity contribution in [3.63, 3.8) is 0 Å². The van der Waals surface area contributed by atoms with Gasteiger partial charge in [-0.3, -0.25) is 4.79 Å². The van der Waals surface area contributed by atoms with E-state index in [-0.39, 0.29) is 11.3 Å². The molecule has 2 N–H and O–H groups in total. The molecule has 0 aliphatic carbocycles. The maximum Gasteiger partial charge on any atom is 0.394 e. The van der Waals surface area contributed by atoms with E-state index in [0.29, 0.717) is 0 Å². The van der Waals surface area contributed by atoms with E-state index >= 15 is 0 Å². The first kappa shape index (κ1) is 17.0. The van der Waals surface area contributed by atoms with Gasteiger partial charge in [-0.15, -0.1) is 0 Å². The van der Waals surface area contributed by atoms with Crippen molar-refractivity contribution in [3.05, 3.63) is 29.6 Å². The zero-order chi connectivity index (χ0) is 17.4. The molecule has 1 aromatic rings. The molecule has 2 rings (SSSR count). The smallest absolute Gasteiger partial charge is 0.394 e. The molecule has 1 aliphatic heterocycles. The number of carbonyl (C=O) groups excluding carboxylic acids is 1. The fourth-order valence-electron chi connectivity index (χ4n) is 2.48. The number of carbonyl (C=O) groups is 2. The Labute approximate surface area is 128 Å². The summed E-state index contributed by atoms with van der Waals surface area (Å²) in [6, 6.07) is 2.87. The molecule has 126 valence electrons. The highest BCUT2D eigenvalue weighted by Gasteiger charge is 2.53. The number of likely N-dealkylation sites (tertiary alicyclic amines) is 1. The van der Waals surface area contributed by atoms with Crippen molar-refractivity contribution in [2.45, 2.75) is 13.1 Å². The Morgan fingerprint density at radius 1 is 1.30 bits per heavy atom. The lowest BCUT2D eigenvalue weighted by atomic mass is 9.96. The van der Waals surface area contributed by atoms with Gasteiger partial charge in [0, 0.05) is 18.8 Å². The number of amides is 2. The maximum absolute atomic E-state index is 13.1. The SMILES string of the molecule is Cc1cc(NC(=O)N2C[C@@H](C(F)(F)F)[C@H](C(=O)O)C2)ccc1F. The largest absolute Gasteiger partial charge is 0.481 e. The minimum absolute atomic E-state index is 0.219. The van der Waals surface area contributed by atoms with E-state index < -0.39 is 48.9 Å². The number of alkyl halides is 3. The summed E-state index contributed by atoms with van der Waals surface area (Å²) >= 11 is 0. The highest BCUT2D eigenvalue weighted by atomic mass is 19.4. The molecule has 1 aliphatic rings. The Balaban J connectivity index is 2.11. The number of anilines is 1. The fourth-order valence-corrected chi connectivity index (χ4v) is 2.48. The second kappa shape index (κ2) is 6.05. The summed E-state index contributed by atoms with van der Waals surface area (Å²) in [4.78, 5) is 23.8. The Kier molecular flexibility index (Phi) is 4.49. The number of nitrogens with zero attached hydrogens (tertiary/aromatic N) is 1. The van der Waals surface area contributed by atoms with Gasteiger partial charge in [0.25, 0.3) is 0 Å². The molecule has 1 heterocycles. The van der Waals surface area contributed by atoms with Gasteiger partial charge in [0.2, 0.25) is 0 Å². The predicted octanol–water partition coefficient (Wildman–Crippen LogP) is 2.86. The van der Waals surface area contributed by atoms with Crippen LogP contribution in [0, 0.1) is 24.6 Å². The third-order valence-corrected chi connectivity index (χ3v) is 3.75. The minimum Gasteiger partial charge on any atom is -0.481 e. The van der Waals surface area contributed by atoms with Gasteiger partial charge in [-0.1, -0.05) is 0 Å². The summed E-state index contributed by atoms with van der Waals surface area (Å²) in [5.74, 6) is -5.89. The van der Waals surface area contributed by atoms with E-state index in [1.807, 2.05) is 0 Å². The van der Waals surface area contributed by atoms with Gasteiger partial charge in [0.05, 0.1) is 11.8 Å². The van der Waals surface area contributed by atoms with Crippen LogP contribution in [0.4, 0.5) is 28.0 Å². The summed E-state index contributed by atoms with van der Waals surface area (Å²) in [5.41, 5.74) is 0.483. The van der Waals surface area contributed by atoms with Crippen LogP contribution in [-0.4, -0.2) is 41.3 Å². The molecule has 1 aromatic carbocycles. The molecule has 0 bridgehead atoms. The first-order chi connectivity index (χ1) is 10.6. The second-order valence-corrected chi connectivity index (χ2v) is 5.39. The third-order valence-electron chi connectivity index (χ3n) is 3.75. The molecule has 0 spiro atoms. The first-order valence-corrected chi connectivity index (χ1v) is 6.71. The molecule has 2 atom stereocenters. The summed E-state index contributed by atoms with van der Waals surface area (Å²) in [5, 5.41) is 11.2. The monoisotopic (exact) mass is 334 g/mol. The van der Waals surface area contributed by atoms with Gasteiger partial charge in [-0.25, -0.2) is 9.18 Å². The molecule has 0 aromatic heterocycles. The molecule has 2 amide bonds. The second-order valence-electron chi connectivity index (χ2n) is 5.39. The van der Waals surface area contributed by atoms with Crippen LogP contribution in [-0.2, 0) is 4.79 Å². The standard InChI is InChI=1S/C14H14F4N2O3/c1-7-4-8(2-3-11(7)15)19-13(23)20-5-9(12(21)22)10(6-20)14(16,17)18/h2-4,9-10H,5-6H2,1H3,(H,19,23)(H,21,22)/t9-,10-/m1/s1. The Hall–Kier alpha value is -2.32. The van der Waals surface area contributed by atoms with Crippen molar-refractivity contribution >= 4 is 17.7 Å². The average molecular weight is 334 g/mol. The zero-order valence-electron chi connectivity index (χ0n) is 12.0. The number of carboxylic acid groups (broad SMARTS) is 1. The number of nitrogens with one attached hydrogen (secondary N) is 1. The molecule has 0 unspecified atom stereocenters. The molecular weight excluding hydrogens is 320 g/mol. The Bertz CT molecular complexity index is 633. The van der Waals surface area contributed by atoms with E-state index in [2.05, 4.69) is 5.32 Å². The van der Waals surface area contributed by atoms with Gasteiger partial charge >= 0.3 is 18.2 Å². The van der Waals surface area contributed by atoms with E-state index in [9.17, 15) is 27.2 Å². The van der Waals surface area contributed by atoms with Gasteiger partial charge in [0.15, 0.2) is 0 Å². The highest BCUT2D eigenvalue weighted by molar-refractivity contribution is 5.90. The molecular formula is C14H14F4N2O3. The van der Waals surface area contributed by atoms with Crippen molar-refractivity contribution in [1.82, 2.24) is 4.90 Å². The van der Waals surface area contributed by atoms with Crippen LogP contribution in [0.2, 0.25) is 0 Å². The Morgan fingerprint density at radius 3 is 2.43 bits per heavy atom.